The van der Waals surface area contributed by atoms with E-state index < -0.39 is 4.92 Å². The fraction of sp³-hybridized carbons (Fsp3) is 0.125. The standard InChI is InChI=1S/C8H6N4O3S2/c13-7(3-16-8-11-10-4-17-8)6-1-5(2-9-6)12(14)15/h1-2,4,9H,3H2. The maximum Gasteiger partial charge on any atom is 0.287 e. The topological polar surface area (TPSA) is 102 Å². The highest BCUT2D eigenvalue weighted by Gasteiger charge is 2.15. The minimum atomic E-state index is -0.550. The third-order valence-corrected chi connectivity index (χ3v) is 3.71. The van der Waals surface area contributed by atoms with Crippen LogP contribution in [0.1, 0.15) is 10.5 Å². The summed E-state index contributed by atoms with van der Waals surface area (Å²) in [6.45, 7) is 0. The van der Waals surface area contributed by atoms with Crippen molar-refractivity contribution in [3.8, 4) is 0 Å². The first-order valence-corrected chi connectivity index (χ1v) is 6.28. The van der Waals surface area contributed by atoms with Crippen LogP contribution in [0.5, 0.6) is 0 Å². The van der Waals surface area contributed by atoms with Gasteiger partial charge in [0.2, 0.25) is 0 Å². The van der Waals surface area contributed by atoms with E-state index in [2.05, 4.69) is 15.2 Å². The first-order valence-electron chi connectivity index (χ1n) is 4.42. The van der Waals surface area contributed by atoms with E-state index >= 15 is 0 Å². The molecule has 0 aliphatic rings. The predicted octanol–water partition coefficient (Wildman–Crippen LogP) is 1.75. The number of hydrogen-bond acceptors (Lipinski definition) is 7. The van der Waals surface area contributed by atoms with Crippen molar-refractivity contribution in [2.24, 2.45) is 0 Å². The van der Waals surface area contributed by atoms with Gasteiger partial charge >= 0.3 is 0 Å². The lowest BCUT2D eigenvalue weighted by Gasteiger charge is -1.94. The summed E-state index contributed by atoms with van der Waals surface area (Å²) in [5.41, 5.74) is 1.69. The van der Waals surface area contributed by atoms with Gasteiger partial charge in [-0.15, -0.1) is 10.2 Å². The lowest BCUT2D eigenvalue weighted by atomic mass is 10.3. The molecule has 88 valence electrons. The molecule has 0 fully saturated rings. The molecule has 0 bridgehead atoms. The van der Waals surface area contributed by atoms with Crippen molar-refractivity contribution in [1.82, 2.24) is 15.2 Å². The zero-order valence-corrected chi connectivity index (χ0v) is 9.96. The largest absolute Gasteiger partial charge is 0.353 e. The van der Waals surface area contributed by atoms with Gasteiger partial charge in [-0.2, -0.15) is 0 Å². The number of Topliss-reactive ketones (excluding diaryl/α,β-unsaturated/α-hetero) is 1. The second-order valence-corrected chi connectivity index (χ2v) is 5.00. The molecule has 2 aromatic rings. The number of carbonyl (C=O) groups is 1. The molecular formula is C8H6N4O3S2. The molecule has 2 heterocycles. The van der Waals surface area contributed by atoms with Crippen molar-refractivity contribution in [2.45, 2.75) is 4.34 Å². The van der Waals surface area contributed by atoms with E-state index in [1.54, 1.807) is 5.51 Å². The first kappa shape index (κ1) is 11.7. The highest BCUT2D eigenvalue weighted by atomic mass is 32.2. The van der Waals surface area contributed by atoms with Crippen LogP contribution in [0.2, 0.25) is 0 Å². The molecule has 2 rings (SSSR count). The van der Waals surface area contributed by atoms with Crippen LogP contribution in [-0.4, -0.2) is 31.6 Å². The average Bonchev–Trinajstić information content (AvgIpc) is 2.96. The summed E-state index contributed by atoms with van der Waals surface area (Å²) in [7, 11) is 0. The number of rotatable bonds is 5. The highest BCUT2D eigenvalue weighted by Crippen LogP contribution is 2.21. The van der Waals surface area contributed by atoms with Gasteiger partial charge in [-0.1, -0.05) is 23.1 Å². The Kier molecular flexibility index (Phi) is 3.49. The Hall–Kier alpha value is -1.74. The van der Waals surface area contributed by atoms with E-state index in [-0.39, 0.29) is 22.9 Å². The smallest absolute Gasteiger partial charge is 0.287 e. The molecule has 0 saturated carbocycles. The van der Waals surface area contributed by atoms with Crippen molar-refractivity contribution >= 4 is 34.6 Å². The molecule has 0 aliphatic heterocycles. The lowest BCUT2D eigenvalue weighted by Crippen LogP contribution is -2.02. The van der Waals surface area contributed by atoms with Gasteiger partial charge in [-0.05, 0) is 0 Å². The quantitative estimate of drug-likeness (QED) is 0.384. The molecule has 17 heavy (non-hydrogen) atoms. The number of ketones is 1. The van der Waals surface area contributed by atoms with Gasteiger partial charge in [0, 0.05) is 6.07 Å². The maximum absolute atomic E-state index is 11.7. The zero-order chi connectivity index (χ0) is 12.3. The third-order valence-electron chi connectivity index (χ3n) is 1.85. The number of aromatic nitrogens is 3. The van der Waals surface area contributed by atoms with Gasteiger partial charge in [0.15, 0.2) is 10.1 Å². The van der Waals surface area contributed by atoms with Crippen molar-refractivity contribution < 1.29 is 9.72 Å². The fourth-order valence-corrected chi connectivity index (χ4v) is 2.45. The molecule has 0 spiro atoms. The molecule has 2 aromatic heterocycles. The van der Waals surface area contributed by atoms with Crippen LogP contribution in [0.4, 0.5) is 5.69 Å². The molecule has 0 radical (unpaired) electrons. The number of thioether (sulfide) groups is 1. The third kappa shape index (κ3) is 2.88. The Morgan fingerprint density at radius 1 is 1.65 bits per heavy atom. The summed E-state index contributed by atoms with van der Waals surface area (Å²) in [5, 5.41) is 17.8. The Bertz CT molecular complexity index is 537. The monoisotopic (exact) mass is 270 g/mol. The van der Waals surface area contributed by atoms with Crippen LogP contribution >= 0.6 is 23.1 Å². The summed E-state index contributed by atoms with van der Waals surface area (Å²) < 4.78 is 0.694. The van der Waals surface area contributed by atoms with Gasteiger partial charge in [-0.3, -0.25) is 14.9 Å². The Morgan fingerprint density at radius 2 is 2.47 bits per heavy atom. The first-order chi connectivity index (χ1) is 8.16. The SMILES string of the molecule is O=C(CSc1nncs1)c1cc([N+](=O)[O-])c[nH]1. The van der Waals surface area contributed by atoms with Crippen LogP contribution in [0.25, 0.3) is 0 Å². The summed E-state index contributed by atoms with van der Waals surface area (Å²) in [5.74, 6) is -0.0364. The van der Waals surface area contributed by atoms with E-state index in [1.165, 1.54) is 35.4 Å². The minimum absolute atomic E-state index is 0.116. The molecule has 0 amide bonds. The van der Waals surface area contributed by atoms with E-state index in [9.17, 15) is 14.9 Å². The van der Waals surface area contributed by atoms with Gasteiger partial charge in [0.05, 0.1) is 22.6 Å². The molecule has 0 aliphatic carbocycles. The summed E-state index contributed by atoms with van der Waals surface area (Å²) in [6, 6.07) is 1.23. The van der Waals surface area contributed by atoms with E-state index in [1.807, 2.05) is 0 Å². The normalized spacial score (nSPS) is 10.4. The number of nitrogens with zero attached hydrogens (tertiary/aromatic N) is 3. The summed E-state index contributed by atoms with van der Waals surface area (Å²) in [6.07, 6.45) is 1.20. The number of H-pyrrole nitrogens is 1. The van der Waals surface area contributed by atoms with Gasteiger partial charge < -0.3 is 4.98 Å². The molecule has 0 saturated heterocycles. The van der Waals surface area contributed by atoms with Crippen molar-refractivity contribution in [1.29, 1.82) is 0 Å². The lowest BCUT2D eigenvalue weighted by molar-refractivity contribution is -0.384. The maximum atomic E-state index is 11.7. The van der Waals surface area contributed by atoms with Crippen LogP contribution in [0, 0.1) is 10.1 Å². The molecule has 0 unspecified atom stereocenters. The number of nitrogens with one attached hydrogen (secondary N) is 1. The Morgan fingerprint density at radius 3 is 3.06 bits per heavy atom. The van der Waals surface area contributed by atoms with Crippen molar-refractivity contribution in [3.05, 3.63) is 33.6 Å². The molecule has 0 atom stereocenters. The van der Waals surface area contributed by atoms with Crippen LogP contribution in [0.3, 0.4) is 0 Å². The van der Waals surface area contributed by atoms with E-state index in [0.717, 1.165) is 0 Å². The van der Waals surface area contributed by atoms with Gasteiger partial charge in [-0.25, -0.2) is 0 Å². The summed E-state index contributed by atoms with van der Waals surface area (Å²) >= 11 is 2.59. The van der Waals surface area contributed by atoms with Crippen molar-refractivity contribution in [2.75, 3.05) is 5.75 Å². The minimum Gasteiger partial charge on any atom is -0.353 e. The number of aromatic amines is 1. The highest BCUT2D eigenvalue weighted by molar-refractivity contribution is 8.01. The van der Waals surface area contributed by atoms with Crippen LogP contribution < -0.4 is 0 Å². The molecule has 7 nitrogen and oxygen atoms in total. The summed E-state index contributed by atoms with van der Waals surface area (Å²) in [4.78, 5) is 24.1. The number of nitro groups is 1. The predicted molar refractivity (Wildman–Crippen MR) is 62.4 cm³/mol. The van der Waals surface area contributed by atoms with Crippen LogP contribution in [-0.2, 0) is 0 Å². The molecule has 1 N–H and O–H groups in total. The number of carbonyl (C=O) groups excluding carboxylic acids is 1. The van der Waals surface area contributed by atoms with Crippen molar-refractivity contribution in [3.63, 3.8) is 0 Å². The molecular weight excluding hydrogens is 264 g/mol. The average molecular weight is 270 g/mol. The second kappa shape index (κ2) is 5.06. The zero-order valence-electron chi connectivity index (χ0n) is 8.32. The van der Waals surface area contributed by atoms with Crippen LogP contribution in [0.15, 0.2) is 22.1 Å². The van der Waals surface area contributed by atoms with E-state index in [0.29, 0.717) is 4.34 Å². The second-order valence-electron chi connectivity index (χ2n) is 2.95. The Labute approximate surface area is 103 Å². The molecule has 0 aromatic carbocycles. The van der Waals surface area contributed by atoms with Gasteiger partial charge in [0.25, 0.3) is 5.69 Å². The number of hydrogen-bond donors (Lipinski definition) is 1. The fourth-order valence-electron chi connectivity index (χ4n) is 1.08. The Balaban J connectivity index is 1.97. The van der Waals surface area contributed by atoms with Gasteiger partial charge in [0.1, 0.15) is 5.51 Å². The molecule has 9 heteroatoms. The van der Waals surface area contributed by atoms with E-state index in [4.69, 9.17) is 0 Å².